The summed E-state index contributed by atoms with van der Waals surface area (Å²) in [5.74, 6) is -0.212. The minimum Gasteiger partial charge on any atom is -0.493 e. The van der Waals surface area contributed by atoms with Crippen molar-refractivity contribution in [2.24, 2.45) is 0 Å². The second-order valence-electron chi connectivity index (χ2n) is 5.17. The van der Waals surface area contributed by atoms with Gasteiger partial charge in [0, 0.05) is 34.3 Å². The monoisotopic (exact) mass is 314 g/mol. The van der Waals surface area contributed by atoms with Gasteiger partial charge in [0.15, 0.2) is 0 Å². The largest absolute Gasteiger partial charge is 0.493 e. The maximum absolute atomic E-state index is 11.6. The summed E-state index contributed by atoms with van der Waals surface area (Å²) in [5, 5.41) is 21.2. The fourth-order valence-electron chi connectivity index (χ4n) is 2.62. The molecule has 0 atom stereocenters. The van der Waals surface area contributed by atoms with Gasteiger partial charge in [0.2, 0.25) is 5.88 Å². The van der Waals surface area contributed by atoms with E-state index in [0.717, 1.165) is 18.2 Å². The Morgan fingerprint density at radius 2 is 2.09 bits per heavy atom. The Kier molecular flexibility index (Phi) is 3.57. The summed E-state index contributed by atoms with van der Waals surface area (Å²) in [4.78, 5) is 31.9. The summed E-state index contributed by atoms with van der Waals surface area (Å²) in [6, 6.07) is 5.44. The topological polar surface area (TPSA) is 125 Å². The molecule has 0 unspecified atom stereocenters. The predicted molar refractivity (Wildman–Crippen MR) is 84.5 cm³/mol. The number of nitro benzene ring substituents is 1. The number of rotatable bonds is 4. The Labute approximate surface area is 130 Å². The Morgan fingerprint density at radius 1 is 1.30 bits per heavy atom. The van der Waals surface area contributed by atoms with Crippen LogP contribution in [0.3, 0.4) is 0 Å². The third-order valence-electron chi connectivity index (χ3n) is 3.54. The number of nitrogens with zero attached hydrogens (tertiary/aromatic N) is 2. The highest BCUT2D eigenvalue weighted by molar-refractivity contribution is 5.97. The lowest BCUT2D eigenvalue weighted by molar-refractivity contribution is -0.384. The first-order chi connectivity index (χ1) is 11.0. The SMILES string of the molecule is CCCc1[nH]c2ccc([N+](=O)[O-])cc2c1-c1nc(O)cc(=O)[nH]1. The molecule has 3 aromatic rings. The molecule has 1 aromatic carbocycles. The van der Waals surface area contributed by atoms with Gasteiger partial charge in [-0.25, -0.2) is 0 Å². The van der Waals surface area contributed by atoms with E-state index in [1.54, 1.807) is 6.07 Å². The molecule has 3 rings (SSSR count). The Hall–Kier alpha value is -3.16. The standard InChI is InChI=1S/C15H14N4O4/c1-2-3-11-14(15-17-12(20)7-13(21)18-15)9-6-8(19(22)23)4-5-10(9)16-11/h4-7,16H,2-3H2,1H3,(H2,17,18,20,21). The Bertz CT molecular complexity index is 958. The normalized spacial score (nSPS) is 11.0. The van der Waals surface area contributed by atoms with Gasteiger partial charge >= 0.3 is 0 Å². The molecule has 118 valence electrons. The highest BCUT2D eigenvalue weighted by Gasteiger charge is 2.18. The molecule has 0 aliphatic rings. The molecule has 8 nitrogen and oxygen atoms in total. The van der Waals surface area contributed by atoms with E-state index in [9.17, 15) is 20.0 Å². The lowest BCUT2D eigenvalue weighted by Gasteiger charge is -2.03. The number of aromatic amines is 2. The van der Waals surface area contributed by atoms with Crippen LogP contribution in [0.25, 0.3) is 22.3 Å². The van der Waals surface area contributed by atoms with Crippen molar-refractivity contribution in [2.75, 3.05) is 0 Å². The second kappa shape index (κ2) is 5.56. The first-order valence-electron chi connectivity index (χ1n) is 7.09. The van der Waals surface area contributed by atoms with Gasteiger partial charge in [-0.1, -0.05) is 13.3 Å². The zero-order valence-electron chi connectivity index (χ0n) is 12.3. The Morgan fingerprint density at radius 3 is 2.74 bits per heavy atom. The molecule has 0 amide bonds. The van der Waals surface area contributed by atoms with Gasteiger partial charge in [-0.3, -0.25) is 14.9 Å². The number of aromatic hydroxyl groups is 1. The number of nitrogens with one attached hydrogen (secondary N) is 2. The number of aromatic nitrogens is 3. The van der Waals surface area contributed by atoms with Crippen molar-refractivity contribution in [2.45, 2.75) is 19.8 Å². The summed E-state index contributed by atoms with van der Waals surface area (Å²) in [7, 11) is 0. The van der Waals surface area contributed by atoms with Crippen molar-refractivity contribution in [1.29, 1.82) is 0 Å². The molecule has 0 spiro atoms. The maximum atomic E-state index is 11.6. The van der Waals surface area contributed by atoms with Gasteiger partial charge in [0.1, 0.15) is 5.82 Å². The molecule has 0 saturated heterocycles. The first-order valence-corrected chi connectivity index (χ1v) is 7.09. The van der Waals surface area contributed by atoms with E-state index in [4.69, 9.17) is 0 Å². The van der Waals surface area contributed by atoms with Gasteiger partial charge in [-0.05, 0) is 12.5 Å². The van der Waals surface area contributed by atoms with Crippen LogP contribution in [0, 0.1) is 10.1 Å². The summed E-state index contributed by atoms with van der Waals surface area (Å²) in [5.41, 5.74) is 1.54. The van der Waals surface area contributed by atoms with Crippen LogP contribution in [0.4, 0.5) is 5.69 Å². The highest BCUT2D eigenvalue weighted by Crippen LogP contribution is 2.33. The van der Waals surface area contributed by atoms with Crippen LogP contribution in [0.15, 0.2) is 29.1 Å². The molecule has 2 aromatic heterocycles. The number of fused-ring (bicyclic) bond motifs is 1. The third-order valence-corrected chi connectivity index (χ3v) is 3.54. The van der Waals surface area contributed by atoms with E-state index >= 15 is 0 Å². The van der Waals surface area contributed by atoms with E-state index < -0.39 is 16.4 Å². The molecule has 0 bridgehead atoms. The lowest BCUT2D eigenvalue weighted by Crippen LogP contribution is -2.07. The highest BCUT2D eigenvalue weighted by atomic mass is 16.6. The van der Waals surface area contributed by atoms with Crippen molar-refractivity contribution >= 4 is 16.6 Å². The molecular weight excluding hydrogens is 300 g/mol. The average Bonchev–Trinajstić information content (AvgIpc) is 2.83. The van der Waals surface area contributed by atoms with E-state index in [1.165, 1.54) is 12.1 Å². The molecule has 2 heterocycles. The maximum Gasteiger partial charge on any atom is 0.270 e. The molecule has 8 heteroatoms. The molecule has 0 aliphatic carbocycles. The second-order valence-corrected chi connectivity index (χ2v) is 5.17. The van der Waals surface area contributed by atoms with Crippen molar-refractivity contribution in [3.63, 3.8) is 0 Å². The molecule has 0 fully saturated rings. The average molecular weight is 314 g/mol. The number of non-ortho nitro benzene ring substituents is 1. The van der Waals surface area contributed by atoms with Crippen molar-refractivity contribution in [3.8, 4) is 17.3 Å². The third kappa shape index (κ3) is 2.66. The quantitative estimate of drug-likeness (QED) is 0.504. The van der Waals surface area contributed by atoms with E-state index in [-0.39, 0.29) is 11.5 Å². The van der Waals surface area contributed by atoms with Gasteiger partial charge in [0.05, 0.1) is 11.0 Å². The van der Waals surface area contributed by atoms with Crippen molar-refractivity contribution < 1.29 is 10.0 Å². The number of aryl methyl sites for hydroxylation is 1. The predicted octanol–water partition coefficient (Wildman–Crippen LogP) is 2.48. The van der Waals surface area contributed by atoms with E-state index in [2.05, 4.69) is 15.0 Å². The number of hydrogen-bond donors (Lipinski definition) is 3. The molecule has 0 radical (unpaired) electrons. The van der Waals surface area contributed by atoms with Crippen LogP contribution in [-0.2, 0) is 6.42 Å². The van der Waals surface area contributed by atoms with Crippen LogP contribution in [0.5, 0.6) is 5.88 Å². The zero-order valence-corrected chi connectivity index (χ0v) is 12.3. The minimum absolute atomic E-state index is 0.0525. The van der Waals surface area contributed by atoms with Crippen LogP contribution < -0.4 is 5.56 Å². The van der Waals surface area contributed by atoms with Gasteiger partial charge in [-0.15, -0.1) is 0 Å². The number of hydrogen-bond acceptors (Lipinski definition) is 5. The van der Waals surface area contributed by atoms with Crippen LogP contribution in [0.2, 0.25) is 0 Å². The van der Waals surface area contributed by atoms with Crippen molar-refractivity contribution in [1.82, 2.24) is 15.0 Å². The molecule has 3 N–H and O–H groups in total. The van der Waals surface area contributed by atoms with E-state index in [1.807, 2.05) is 6.92 Å². The molecule has 23 heavy (non-hydrogen) atoms. The van der Waals surface area contributed by atoms with Gasteiger partial charge in [-0.2, -0.15) is 4.98 Å². The minimum atomic E-state index is -0.491. The van der Waals surface area contributed by atoms with Crippen LogP contribution in [0.1, 0.15) is 19.0 Å². The number of H-pyrrole nitrogens is 2. The Balaban J connectivity index is 2.34. The fraction of sp³-hybridized carbons (Fsp3) is 0.200. The zero-order chi connectivity index (χ0) is 16.6. The van der Waals surface area contributed by atoms with E-state index in [0.29, 0.717) is 22.9 Å². The van der Waals surface area contributed by atoms with Gasteiger partial charge in [0.25, 0.3) is 11.2 Å². The first kappa shape index (κ1) is 14.8. The lowest BCUT2D eigenvalue weighted by atomic mass is 10.1. The summed E-state index contributed by atoms with van der Waals surface area (Å²) < 4.78 is 0. The molecule has 0 aliphatic heterocycles. The number of nitro groups is 1. The van der Waals surface area contributed by atoms with Crippen molar-refractivity contribution in [3.05, 3.63) is 50.4 Å². The fourth-order valence-corrected chi connectivity index (χ4v) is 2.62. The molecule has 0 saturated carbocycles. The van der Waals surface area contributed by atoms with Gasteiger partial charge < -0.3 is 15.1 Å². The summed E-state index contributed by atoms with van der Waals surface area (Å²) in [6.07, 6.45) is 1.52. The smallest absolute Gasteiger partial charge is 0.270 e. The number of benzene rings is 1. The van der Waals surface area contributed by atoms with Crippen LogP contribution >= 0.6 is 0 Å². The summed E-state index contributed by atoms with van der Waals surface area (Å²) >= 11 is 0. The molecular formula is C15H14N4O4. The summed E-state index contributed by atoms with van der Waals surface area (Å²) in [6.45, 7) is 2.00. The van der Waals surface area contributed by atoms with Crippen LogP contribution in [-0.4, -0.2) is 25.0 Å².